The van der Waals surface area contributed by atoms with Crippen LogP contribution in [0.25, 0.3) is 5.65 Å². The van der Waals surface area contributed by atoms with E-state index in [9.17, 15) is 4.79 Å². The van der Waals surface area contributed by atoms with Crippen molar-refractivity contribution in [3.8, 4) is 6.57 Å². The topological polar surface area (TPSA) is 99.7 Å². The highest BCUT2D eigenvalue weighted by Gasteiger charge is 2.35. The van der Waals surface area contributed by atoms with E-state index in [4.69, 9.17) is 15.0 Å². The first kappa shape index (κ1) is 26.6. The number of ether oxygens (including phenoxy) is 1. The van der Waals surface area contributed by atoms with Gasteiger partial charge in [-0.2, -0.15) is 5.10 Å². The van der Waals surface area contributed by atoms with Crippen LogP contribution in [0, 0.1) is 17.8 Å². The van der Waals surface area contributed by atoms with Crippen LogP contribution in [0.2, 0.25) is 0 Å². The maximum absolute atomic E-state index is 13.5. The van der Waals surface area contributed by atoms with Crippen molar-refractivity contribution in [2.75, 3.05) is 24.5 Å². The Hall–Kier alpha value is -3.51. The van der Waals surface area contributed by atoms with Crippen molar-refractivity contribution < 1.29 is 9.53 Å². The molecule has 196 valence electrons. The molecule has 2 aliphatic heterocycles. The van der Waals surface area contributed by atoms with Crippen molar-refractivity contribution in [2.24, 2.45) is 5.92 Å². The third-order valence-electron chi connectivity index (χ3n) is 6.94. The summed E-state index contributed by atoms with van der Waals surface area (Å²) >= 11 is 0. The lowest BCUT2D eigenvalue weighted by Crippen LogP contribution is -2.57. The summed E-state index contributed by atoms with van der Waals surface area (Å²) in [7, 11) is 0. The molecular formula is C28H37N7O2. The molecule has 2 fully saturated rings. The maximum atomic E-state index is 13.5. The van der Waals surface area contributed by atoms with Gasteiger partial charge in [0.1, 0.15) is 11.4 Å². The summed E-state index contributed by atoms with van der Waals surface area (Å²) in [6.45, 7) is 14.8. The van der Waals surface area contributed by atoms with Crippen LogP contribution in [0.5, 0.6) is 0 Å². The molecule has 0 bridgehead atoms. The zero-order valence-corrected chi connectivity index (χ0v) is 22.3. The third kappa shape index (κ3) is 6.08. The first-order valence-corrected chi connectivity index (χ1v) is 13.0. The summed E-state index contributed by atoms with van der Waals surface area (Å²) in [6, 6.07) is 4.10. The molecule has 0 N–H and O–H groups in total. The molecule has 0 radical (unpaired) electrons. The predicted molar refractivity (Wildman–Crippen MR) is 142 cm³/mol. The highest BCUT2D eigenvalue weighted by atomic mass is 16.5. The Kier molecular flexibility index (Phi) is 8.08. The van der Waals surface area contributed by atoms with Gasteiger partial charge in [0.15, 0.2) is 5.65 Å². The van der Waals surface area contributed by atoms with Crippen LogP contribution in [-0.2, 0) is 17.8 Å². The van der Waals surface area contributed by atoms with Gasteiger partial charge in [-0.1, -0.05) is 33.1 Å². The average Bonchev–Trinajstić information content (AvgIpc) is 3.74. The van der Waals surface area contributed by atoms with Gasteiger partial charge in [-0.3, -0.25) is 4.79 Å². The summed E-state index contributed by atoms with van der Waals surface area (Å²) < 4.78 is 7.57. The van der Waals surface area contributed by atoms with Gasteiger partial charge in [-0.05, 0) is 43.0 Å². The number of nitrogens with zero attached hydrogens (tertiary/aromatic N) is 7. The number of anilines is 1. The molecule has 1 atom stereocenters. The highest BCUT2D eigenvalue weighted by Crippen LogP contribution is 2.31. The molecule has 1 saturated carbocycles. The minimum atomic E-state index is -0.153. The lowest BCUT2D eigenvalue weighted by molar-refractivity contribution is -0.0402. The third-order valence-corrected chi connectivity index (χ3v) is 6.94. The maximum Gasteiger partial charge on any atom is 0.259 e. The number of rotatable bonds is 3. The Morgan fingerprint density at radius 2 is 1.89 bits per heavy atom. The molecule has 3 aliphatic rings. The number of fused-ring (bicyclic) bond motifs is 2. The Morgan fingerprint density at radius 1 is 1.14 bits per heavy atom. The zero-order valence-electron chi connectivity index (χ0n) is 22.3. The van der Waals surface area contributed by atoms with Crippen molar-refractivity contribution in [3.05, 3.63) is 53.6 Å². The van der Waals surface area contributed by atoms with E-state index in [1.54, 1.807) is 16.9 Å². The van der Waals surface area contributed by atoms with Crippen molar-refractivity contribution >= 4 is 17.4 Å². The fraction of sp³-hybridized carbons (Fsp3) is 0.536. The molecule has 5 heterocycles. The van der Waals surface area contributed by atoms with Crippen molar-refractivity contribution in [1.29, 1.82) is 5.26 Å². The normalized spacial score (nSPS) is 19.8. The van der Waals surface area contributed by atoms with Crippen molar-refractivity contribution in [2.45, 2.75) is 71.6 Å². The Morgan fingerprint density at radius 3 is 2.59 bits per heavy atom. The quantitative estimate of drug-likeness (QED) is 0.526. The lowest BCUT2D eigenvalue weighted by atomic mass is 9.92. The number of pyridine rings is 1. The Balaban J connectivity index is 0.000000585. The fourth-order valence-corrected chi connectivity index (χ4v) is 4.74. The van der Waals surface area contributed by atoms with Gasteiger partial charge in [-0.25, -0.2) is 19.7 Å². The largest absolute Gasteiger partial charge is 0.370 e. The summed E-state index contributed by atoms with van der Waals surface area (Å²) in [4.78, 5) is 26.9. The predicted octanol–water partition coefficient (Wildman–Crippen LogP) is 4.27. The van der Waals surface area contributed by atoms with E-state index in [1.807, 2.05) is 23.4 Å². The minimum Gasteiger partial charge on any atom is -0.370 e. The van der Waals surface area contributed by atoms with Crippen LogP contribution in [0.1, 0.15) is 68.4 Å². The number of amides is 1. The van der Waals surface area contributed by atoms with Crippen molar-refractivity contribution in [3.63, 3.8) is 0 Å². The highest BCUT2D eigenvalue weighted by molar-refractivity contribution is 6.00. The number of carbonyl (C=O) groups excluding carboxylic acids is 1. The molecule has 0 spiro atoms. The van der Waals surface area contributed by atoms with Gasteiger partial charge >= 0.3 is 0 Å². The molecule has 0 aromatic carbocycles. The molecule has 0 unspecified atom stereocenters. The van der Waals surface area contributed by atoms with Crippen LogP contribution < -0.4 is 4.90 Å². The first-order valence-electron chi connectivity index (χ1n) is 13.0. The number of hydrogen-bond donors (Lipinski definition) is 0. The van der Waals surface area contributed by atoms with Gasteiger partial charge in [0.05, 0.1) is 24.4 Å². The van der Waals surface area contributed by atoms with E-state index in [1.165, 1.54) is 30.4 Å². The minimum absolute atomic E-state index is 0.00523. The second kappa shape index (κ2) is 11.3. The molecule has 3 aromatic heterocycles. The number of aromatic nitrogens is 4. The molecule has 9 heteroatoms. The van der Waals surface area contributed by atoms with E-state index in [-0.39, 0.29) is 17.6 Å². The molecular weight excluding hydrogens is 466 g/mol. The molecule has 6 rings (SSSR count). The Bertz CT molecular complexity index is 1240. The van der Waals surface area contributed by atoms with E-state index in [0.29, 0.717) is 30.3 Å². The summed E-state index contributed by atoms with van der Waals surface area (Å²) in [6.07, 6.45) is 12.5. The van der Waals surface area contributed by atoms with Crippen LogP contribution in [0.15, 0.2) is 36.9 Å². The molecule has 37 heavy (non-hydrogen) atoms. The van der Waals surface area contributed by atoms with E-state index in [0.717, 1.165) is 25.3 Å². The number of carbonyl (C=O) groups is 1. The average molecular weight is 504 g/mol. The van der Waals surface area contributed by atoms with Gasteiger partial charge in [-0.15, -0.1) is 0 Å². The van der Waals surface area contributed by atoms with E-state index in [2.05, 4.69) is 55.3 Å². The molecule has 1 saturated heterocycles. The fourth-order valence-electron chi connectivity index (χ4n) is 4.74. The number of hydrogen-bond acceptors (Lipinski definition) is 7. The van der Waals surface area contributed by atoms with Crippen LogP contribution in [-0.4, -0.2) is 61.7 Å². The summed E-state index contributed by atoms with van der Waals surface area (Å²) in [5.74, 6) is 1.28. The number of nitriles is 1. The molecule has 3 aromatic rings. The molecule has 9 nitrogen and oxygen atoms in total. The summed E-state index contributed by atoms with van der Waals surface area (Å²) in [5, 5.41) is 10.8. The molecule has 1 amide bonds. The van der Waals surface area contributed by atoms with Gasteiger partial charge in [0.2, 0.25) is 0 Å². The lowest BCUT2D eigenvalue weighted by Gasteiger charge is -2.44. The number of piperazine rings is 1. The first-order chi connectivity index (χ1) is 17.8. The Labute approximate surface area is 219 Å². The second-order valence-corrected chi connectivity index (χ2v) is 10.8. The van der Waals surface area contributed by atoms with Crippen LogP contribution in [0.4, 0.5) is 5.82 Å². The van der Waals surface area contributed by atoms with Gasteiger partial charge < -0.3 is 14.5 Å². The standard InChI is InChI=1S/C24H30N6O2.C3H6.CHN/c1-16(2)20-14-28(21-10-17-11-24(3,4)32-15-18(17)12-26-21)8-9-29(20)23(31)19-13-27-30-7-5-6-25-22(19)30;1-2-3-1;1-2/h5-7,10,12-13,16,20H,8-9,11,14-15H2,1-4H3;1-3H2;1H/t20-;;/m0../s1. The monoisotopic (exact) mass is 503 g/mol. The van der Waals surface area contributed by atoms with Crippen molar-refractivity contribution in [1.82, 2.24) is 24.5 Å². The SMILES string of the molecule is C#N.C1CC1.CC(C)[C@@H]1CN(c2cc3c(cn2)COC(C)(C)C3)CCN1C(=O)c1cnn2cccnc12. The zero-order chi connectivity index (χ0) is 26.6. The van der Waals surface area contributed by atoms with E-state index < -0.39 is 0 Å². The second-order valence-electron chi connectivity index (χ2n) is 10.8. The van der Waals surface area contributed by atoms with Crippen LogP contribution >= 0.6 is 0 Å². The van der Waals surface area contributed by atoms with Gasteiger partial charge in [0.25, 0.3) is 5.91 Å². The van der Waals surface area contributed by atoms with Gasteiger partial charge in [0, 0.05) is 51.2 Å². The molecule has 1 aliphatic carbocycles. The smallest absolute Gasteiger partial charge is 0.259 e. The summed E-state index contributed by atoms with van der Waals surface area (Å²) in [5.41, 5.74) is 3.48. The van der Waals surface area contributed by atoms with E-state index >= 15 is 0 Å². The van der Waals surface area contributed by atoms with Crippen LogP contribution in [0.3, 0.4) is 0 Å².